The molecule has 0 radical (unpaired) electrons. The van der Waals surface area contributed by atoms with Crippen molar-refractivity contribution >= 4 is 11.8 Å². The zero-order valence-electron chi connectivity index (χ0n) is 13.1. The molecule has 1 fully saturated rings. The quantitative estimate of drug-likeness (QED) is 0.885. The monoisotopic (exact) mass is 308 g/mol. The average molecular weight is 308 g/mol. The van der Waals surface area contributed by atoms with Crippen LogP contribution in [0.5, 0.6) is 17.2 Å². The molecule has 1 saturated heterocycles. The molecule has 120 valence electrons. The molecule has 0 bridgehead atoms. The summed E-state index contributed by atoms with van der Waals surface area (Å²) in [5, 5.41) is 2.73. The van der Waals surface area contributed by atoms with Gasteiger partial charge in [-0.15, -0.1) is 0 Å². The molecule has 22 heavy (non-hydrogen) atoms. The first-order chi connectivity index (χ1) is 10.5. The van der Waals surface area contributed by atoms with Crippen LogP contribution in [0.25, 0.3) is 0 Å². The highest BCUT2D eigenvalue weighted by Crippen LogP contribution is 2.38. The highest BCUT2D eigenvalue weighted by molar-refractivity contribution is 5.99. The summed E-state index contributed by atoms with van der Waals surface area (Å²) < 4.78 is 15.7. The molecule has 0 unspecified atom stereocenters. The van der Waals surface area contributed by atoms with Crippen LogP contribution in [0.1, 0.15) is 17.3 Å². The van der Waals surface area contributed by atoms with Gasteiger partial charge in [-0.2, -0.15) is 0 Å². The molecule has 0 aliphatic carbocycles. The van der Waals surface area contributed by atoms with Gasteiger partial charge in [0.1, 0.15) is 6.04 Å². The van der Waals surface area contributed by atoms with Crippen molar-refractivity contribution in [2.75, 3.05) is 34.4 Å². The van der Waals surface area contributed by atoms with E-state index < -0.39 is 6.04 Å². The lowest BCUT2D eigenvalue weighted by molar-refractivity contribution is -0.127. The average Bonchev–Trinajstić information content (AvgIpc) is 2.55. The summed E-state index contributed by atoms with van der Waals surface area (Å²) in [6.45, 7) is 2.60. The van der Waals surface area contributed by atoms with E-state index in [0.717, 1.165) is 0 Å². The zero-order valence-corrected chi connectivity index (χ0v) is 13.1. The first-order valence-electron chi connectivity index (χ1n) is 6.92. The third kappa shape index (κ3) is 2.79. The van der Waals surface area contributed by atoms with Gasteiger partial charge in [0.15, 0.2) is 11.5 Å². The van der Waals surface area contributed by atoms with Crippen molar-refractivity contribution in [2.24, 2.45) is 0 Å². The fraction of sp³-hybridized carbons (Fsp3) is 0.467. The molecule has 0 spiro atoms. The number of rotatable bonds is 4. The normalized spacial score (nSPS) is 17.7. The number of carbonyl (C=O) groups is 2. The van der Waals surface area contributed by atoms with Gasteiger partial charge in [0.05, 0.1) is 21.3 Å². The summed E-state index contributed by atoms with van der Waals surface area (Å²) in [7, 11) is 4.48. The molecule has 7 heteroatoms. The SMILES string of the molecule is COc1cc(C(=O)N2CCNC(=O)[C@H]2C)cc(OC)c1OC. The van der Waals surface area contributed by atoms with Gasteiger partial charge in [-0.25, -0.2) is 0 Å². The lowest BCUT2D eigenvalue weighted by Gasteiger charge is -2.33. The molecule has 1 heterocycles. The van der Waals surface area contributed by atoms with Crippen molar-refractivity contribution in [1.29, 1.82) is 0 Å². The molecular formula is C15H20N2O5. The molecule has 1 atom stereocenters. The molecule has 7 nitrogen and oxygen atoms in total. The third-order valence-corrected chi connectivity index (χ3v) is 3.67. The molecule has 2 rings (SSSR count). The Kier molecular flexibility index (Phi) is 4.75. The third-order valence-electron chi connectivity index (χ3n) is 3.67. The van der Waals surface area contributed by atoms with Gasteiger partial charge >= 0.3 is 0 Å². The smallest absolute Gasteiger partial charge is 0.254 e. The van der Waals surface area contributed by atoms with Gasteiger partial charge in [0.2, 0.25) is 11.7 Å². The number of amides is 2. The molecule has 1 aliphatic rings. The molecule has 0 aromatic heterocycles. The molecule has 1 aromatic carbocycles. The second-order valence-electron chi connectivity index (χ2n) is 4.88. The standard InChI is InChI=1S/C15H20N2O5/c1-9-14(18)16-5-6-17(9)15(19)10-7-11(20-2)13(22-4)12(8-10)21-3/h7-9H,5-6H2,1-4H3,(H,16,18)/t9-/m1/s1. The van der Waals surface area contributed by atoms with Gasteiger partial charge in [0, 0.05) is 18.7 Å². The molecule has 1 aromatic rings. The van der Waals surface area contributed by atoms with Crippen LogP contribution < -0.4 is 19.5 Å². The topological polar surface area (TPSA) is 77.1 Å². The molecule has 0 saturated carbocycles. The Morgan fingerprint density at radius 3 is 2.27 bits per heavy atom. The number of benzene rings is 1. The lowest BCUT2D eigenvalue weighted by atomic mass is 10.1. The summed E-state index contributed by atoms with van der Waals surface area (Å²) >= 11 is 0. The van der Waals surface area contributed by atoms with Gasteiger partial charge in [-0.3, -0.25) is 9.59 Å². The van der Waals surface area contributed by atoms with Crippen LogP contribution in [0.15, 0.2) is 12.1 Å². The molecule has 2 amide bonds. The Hall–Kier alpha value is -2.44. The van der Waals surface area contributed by atoms with Crippen LogP contribution in [0.2, 0.25) is 0 Å². The van der Waals surface area contributed by atoms with Crippen molar-refractivity contribution in [3.05, 3.63) is 17.7 Å². The Morgan fingerprint density at radius 1 is 1.18 bits per heavy atom. The van der Waals surface area contributed by atoms with E-state index in [9.17, 15) is 9.59 Å². The zero-order chi connectivity index (χ0) is 16.3. The minimum atomic E-state index is -0.514. The summed E-state index contributed by atoms with van der Waals surface area (Å²) in [5.74, 6) is 0.818. The fourth-order valence-corrected chi connectivity index (χ4v) is 2.43. The number of ether oxygens (including phenoxy) is 3. The largest absolute Gasteiger partial charge is 0.493 e. The van der Waals surface area contributed by atoms with E-state index in [1.165, 1.54) is 26.2 Å². The second kappa shape index (κ2) is 6.55. The fourth-order valence-electron chi connectivity index (χ4n) is 2.43. The van der Waals surface area contributed by atoms with E-state index in [0.29, 0.717) is 35.9 Å². The predicted octanol–water partition coefficient (Wildman–Crippen LogP) is 0.673. The maximum absolute atomic E-state index is 12.7. The Morgan fingerprint density at radius 2 is 1.77 bits per heavy atom. The van der Waals surface area contributed by atoms with E-state index in [2.05, 4.69) is 5.32 Å². The van der Waals surface area contributed by atoms with E-state index in [4.69, 9.17) is 14.2 Å². The van der Waals surface area contributed by atoms with E-state index in [-0.39, 0.29) is 11.8 Å². The van der Waals surface area contributed by atoms with E-state index in [1.54, 1.807) is 19.1 Å². The van der Waals surface area contributed by atoms with Crippen LogP contribution in [0.3, 0.4) is 0 Å². The molecule has 1 aliphatic heterocycles. The van der Waals surface area contributed by atoms with Gasteiger partial charge in [-0.1, -0.05) is 0 Å². The van der Waals surface area contributed by atoms with Crippen LogP contribution in [-0.2, 0) is 4.79 Å². The molecular weight excluding hydrogens is 288 g/mol. The van der Waals surface area contributed by atoms with Gasteiger partial charge in [0.25, 0.3) is 5.91 Å². The Bertz CT molecular complexity index is 562. The maximum atomic E-state index is 12.7. The predicted molar refractivity (Wildman–Crippen MR) is 79.6 cm³/mol. The number of methoxy groups -OCH3 is 3. The minimum Gasteiger partial charge on any atom is -0.493 e. The molecule has 1 N–H and O–H groups in total. The van der Waals surface area contributed by atoms with Crippen molar-refractivity contribution in [3.8, 4) is 17.2 Å². The number of nitrogens with zero attached hydrogens (tertiary/aromatic N) is 1. The van der Waals surface area contributed by atoms with E-state index in [1.807, 2.05) is 0 Å². The van der Waals surface area contributed by atoms with Crippen molar-refractivity contribution in [2.45, 2.75) is 13.0 Å². The number of nitrogens with one attached hydrogen (secondary N) is 1. The second-order valence-corrected chi connectivity index (χ2v) is 4.88. The Balaban J connectivity index is 2.39. The first kappa shape index (κ1) is 15.9. The number of piperazine rings is 1. The summed E-state index contributed by atoms with van der Waals surface area (Å²) in [6.07, 6.45) is 0. The van der Waals surface area contributed by atoms with Crippen molar-refractivity contribution in [3.63, 3.8) is 0 Å². The number of hydrogen-bond acceptors (Lipinski definition) is 5. The van der Waals surface area contributed by atoms with Crippen molar-refractivity contribution < 1.29 is 23.8 Å². The lowest BCUT2D eigenvalue weighted by Crippen LogP contribution is -2.55. The Labute approximate surface area is 129 Å². The van der Waals surface area contributed by atoms with Gasteiger partial charge < -0.3 is 24.4 Å². The minimum absolute atomic E-state index is 0.160. The highest BCUT2D eigenvalue weighted by Gasteiger charge is 2.31. The first-order valence-corrected chi connectivity index (χ1v) is 6.92. The van der Waals surface area contributed by atoms with E-state index >= 15 is 0 Å². The summed E-state index contributed by atoms with van der Waals surface area (Å²) in [4.78, 5) is 25.9. The van der Waals surface area contributed by atoms with Crippen LogP contribution >= 0.6 is 0 Å². The summed E-state index contributed by atoms with van der Waals surface area (Å²) in [5.41, 5.74) is 0.385. The number of hydrogen-bond donors (Lipinski definition) is 1. The maximum Gasteiger partial charge on any atom is 0.254 e. The van der Waals surface area contributed by atoms with Crippen LogP contribution in [-0.4, -0.2) is 57.2 Å². The van der Waals surface area contributed by atoms with Crippen LogP contribution in [0.4, 0.5) is 0 Å². The highest BCUT2D eigenvalue weighted by atomic mass is 16.5. The number of carbonyl (C=O) groups excluding carboxylic acids is 2. The summed E-state index contributed by atoms with van der Waals surface area (Å²) in [6, 6.07) is 2.66. The van der Waals surface area contributed by atoms with Crippen molar-refractivity contribution in [1.82, 2.24) is 10.2 Å². The van der Waals surface area contributed by atoms with Gasteiger partial charge in [-0.05, 0) is 19.1 Å². The van der Waals surface area contributed by atoms with Crippen LogP contribution in [0, 0.1) is 0 Å².